The van der Waals surface area contributed by atoms with E-state index in [4.69, 9.17) is 12.2 Å². The van der Waals surface area contributed by atoms with Gasteiger partial charge < -0.3 is 26.6 Å². The van der Waals surface area contributed by atoms with Crippen molar-refractivity contribution >= 4 is 52.0 Å². The molecule has 2 aromatic carbocycles. The lowest BCUT2D eigenvalue weighted by atomic mass is 9.71. The topological polar surface area (TPSA) is 111 Å². The Labute approximate surface area is 323 Å². The summed E-state index contributed by atoms with van der Waals surface area (Å²) < 4.78 is 56.7. The number of fused-ring (bicyclic) bond motifs is 3. The first-order chi connectivity index (χ1) is 25.7. The van der Waals surface area contributed by atoms with Crippen LogP contribution in [-0.4, -0.2) is 52.9 Å². The lowest BCUT2D eigenvalue weighted by Gasteiger charge is -2.44. The zero-order valence-corrected chi connectivity index (χ0v) is 32.6. The third kappa shape index (κ3) is 9.42. The molecule has 2 aliphatic rings. The molecule has 0 radical (unpaired) electrons. The number of benzene rings is 2. The average Bonchev–Trinajstić information content (AvgIpc) is 3.80. The van der Waals surface area contributed by atoms with Crippen LogP contribution >= 0.6 is 23.6 Å². The molecule has 14 heteroatoms. The first-order valence-electron chi connectivity index (χ1n) is 18.6. The molecular formula is C40H49F4N5O3S2. The molecule has 3 amide bonds. The van der Waals surface area contributed by atoms with Crippen molar-refractivity contribution in [3.63, 3.8) is 0 Å². The molecule has 2 heterocycles. The fourth-order valence-corrected chi connectivity index (χ4v) is 8.57. The number of hydrogen-bond donors (Lipinski definition) is 5. The molecule has 0 spiro atoms. The number of thiocarbonyl (C=S) groups is 1. The van der Waals surface area contributed by atoms with E-state index in [0.29, 0.717) is 29.9 Å². The van der Waals surface area contributed by atoms with Crippen LogP contribution in [0.15, 0.2) is 60.0 Å². The van der Waals surface area contributed by atoms with Crippen molar-refractivity contribution in [3.05, 3.63) is 87.4 Å². The first kappa shape index (κ1) is 41.1. The third-order valence-corrected chi connectivity index (χ3v) is 12.4. The molecule has 4 unspecified atom stereocenters. The summed E-state index contributed by atoms with van der Waals surface area (Å²) in [5.74, 6) is -3.20. The van der Waals surface area contributed by atoms with Crippen LogP contribution in [-0.2, 0) is 33.4 Å². The van der Waals surface area contributed by atoms with Gasteiger partial charge in [-0.05, 0) is 72.2 Å². The summed E-state index contributed by atoms with van der Waals surface area (Å²) in [6, 6.07) is 11.9. The molecule has 3 aromatic rings. The Kier molecular flexibility index (Phi) is 13.4. The summed E-state index contributed by atoms with van der Waals surface area (Å²) in [5, 5.41) is 17.3. The van der Waals surface area contributed by atoms with E-state index in [1.165, 1.54) is 29.1 Å². The molecule has 1 aliphatic heterocycles. The Morgan fingerprint density at radius 1 is 0.981 bits per heavy atom. The van der Waals surface area contributed by atoms with Crippen molar-refractivity contribution in [1.82, 2.24) is 21.3 Å². The average molecular weight is 788 g/mol. The molecule has 1 saturated carbocycles. The minimum Gasteiger partial charge on any atom is -0.381 e. The maximum absolute atomic E-state index is 14.8. The van der Waals surface area contributed by atoms with Crippen molar-refractivity contribution in [2.45, 2.75) is 108 Å². The number of anilines is 1. The molecule has 1 aromatic heterocycles. The third-order valence-electron chi connectivity index (χ3n) is 11.0. The second-order valence-corrected chi connectivity index (χ2v) is 16.1. The Hall–Kier alpha value is -4.04. The minimum atomic E-state index is -4.59. The number of halogens is 4. The van der Waals surface area contributed by atoms with Crippen molar-refractivity contribution < 1.29 is 31.9 Å². The zero-order chi connectivity index (χ0) is 39.2. The smallest absolute Gasteiger partial charge is 0.381 e. The van der Waals surface area contributed by atoms with E-state index in [0.717, 1.165) is 12.5 Å². The van der Waals surface area contributed by atoms with Crippen LogP contribution in [0.3, 0.4) is 0 Å². The number of amides is 3. The largest absolute Gasteiger partial charge is 0.418 e. The van der Waals surface area contributed by atoms with Gasteiger partial charge in [0.05, 0.1) is 28.7 Å². The first-order valence-corrected chi connectivity index (χ1v) is 19.9. The standard InChI is InChI=1S/C40H49F4N5O3S2/c1-5-23(3)33(47-32(50)21-25-11-7-8-15-30(25)41)36(51)49-39(18-16-31-28(22-39)27-13-9-14-29(35(27)46-31)40(42,43)44)38(52)48-34(24(4)6-2)37(53)45-19-17-26-12-10-20-54-26/h7-15,20,23-24,28,31,33-34,46H,5-6,16-19,21-22H2,1-4H3,(H,45,53)(H,47,50)(H,48,52)(H,49,51)/t23?,24?,28?,31?,33-,34-,39+/m0/s1. The predicted octanol–water partition coefficient (Wildman–Crippen LogP) is 7.29. The summed E-state index contributed by atoms with van der Waals surface area (Å²) in [6.45, 7) is 8.18. The summed E-state index contributed by atoms with van der Waals surface area (Å²) in [7, 11) is 0. The van der Waals surface area contributed by atoms with Gasteiger partial charge in [-0.25, -0.2) is 4.39 Å². The summed E-state index contributed by atoms with van der Waals surface area (Å²) >= 11 is 7.47. The fraction of sp³-hybridized carbons (Fsp3) is 0.500. The van der Waals surface area contributed by atoms with E-state index in [2.05, 4.69) is 26.6 Å². The van der Waals surface area contributed by atoms with Crippen LogP contribution in [0.25, 0.3) is 0 Å². The van der Waals surface area contributed by atoms with Gasteiger partial charge >= 0.3 is 6.18 Å². The van der Waals surface area contributed by atoms with Crippen molar-refractivity contribution in [3.8, 4) is 0 Å². The van der Waals surface area contributed by atoms with Crippen LogP contribution in [0.4, 0.5) is 23.2 Å². The van der Waals surface area contributed by atoms with E-state index < -0.39 is 64.9 Å². The maximum Gasteiger partial charge on any atom is 0.418 e. The normalized spacial score (nSPS) is 21.3. The van der Waals surface area contributed by atoms with Crippen molar-refractivity contribution in [2.75, 3.05) is 11.9 Å². The molecular weight excluding hydrogens is 739 g/mol. The zero-order valence-electron chi connectivity index (χ0n) is 30.9. The van der Waals surface area contributed by atoms with Gasteiger partial charge in [0.2, 0.25) is 17.7 Å². The molecule has 0 saturated heterocycles. The van der Waals surface area contributed by atoms with E-state index in [1.807, 2.05) is 38.3 Å². The molecule has 8 nitrogen and oxygen atoms in total. The number of thiophene rings is 1. The highest BCUT2D eigenvalue weighted by Crippen LogP contribution is 2.51. The second-order valence-electron chi connectivity index (χ2n) is 14.6. The number of hydrogen-bond acceptors (Lipinski definition) is 6. The van der Waals surface area contributed by atoms with E-state index in [9.17, 15) is 31.9 Å². The van der Waals surface area contributed by atoms with Gasteiger partial charge in [-0.15, -0.1) is 11.3 Å². The Balaban J connectivity index is 1.44. The molecule has 54 heavy (non-hydrogen) atoms. The van der Waals surface area contributed by atoms with E-state index in [-0.39, 0.29) is 48.8 Å². The molecule has 1 aliphatic carbocycles. The Morgan fingerprint density at radius 2 is 1.70 bits per heavy atom. The maximum atomic E-state index is 14.8. The molecule has 292 valence electrons. The highest BCUT2D eigenvalue weighted by atomic mass is 32.1. The number of alkyl halides is 3. The monoisotopic (exact) mass is 787 g/mol. The van der Waals surface area contributed by atoms with E-state index in [1.54, 1.807) is 30.4 Å². The molecule has 5 N–H and O–H groups in total. The second kappa shape index (κ2) is 17.6. The van der Waals surface area contributed by atoms with Crippen LogP contribution in [0.2, 0.25) is 0 Å². The van der Waals surface area contributed by atoms with E-state index >= 15 is 0 Å². The van der Waals surface area contributed by atoms with Crippen LogP contribution in [0.5, 0.6) is 0 Å². The quantitative estimate of drug-likeness (QED) is 0.0818. The molecule has 0 bridgehead atoms. The fourth-order valence-electron chi connectivity index (χ4n) is 7.47. The SMILES string of the molecule is CCC(C)[C@H](NC(=O)Cc1ccccc1F)C(=O)N[C@]1(C(=O)N[C@H](C(=S)NCCc2cccs2)C(C)CC)CCC2Nc3c(cccc3C(F)(F)F)C2C1. The van der Waals surface area contributed by atoms with Gasteiger partial charge in [0.25, 0.3) is 0 Å². The Morgan fingerprint density at radius 3 is 2.37 bits per heavy atom. The lowest BCUT2D eigenvalue weighted by Crippen LogP contribution is -2.67. The van der Waals surface area contributed by atoms with Crippen molar-refractivity contribution in [2.24, 2.45) is 11.8 Å². The minimum absolute atomic E-state index is 0.00553. The van der Waals surface area contributed by atoms with Gasteiger partial charge in [0.1, 0.15) is 17.4 Å². The number of nitrogens with one attached hydrogen (secondary N) is 5. The number of rotatable bonds is 15. The van der Waals surface area contributed by atoms with Crippen LogP contribution in [0, 0.1) is 17.7 Å². The van der Waals surface area contributed by atoms with Crippen LogP contribution in [0.1, 0.15) is 87.3 Å². The number of carbonyl (C=O) groups is 3. The van der Waals surface area contributed by atoms with Gasteiger partial charge in [-0.3, -0.25) is 14.4 Å². The summed E-state index contributed by atoms with van der Waals surface area (Å²) in [6.07, 6.45) is -2.53. The molecule has 7 atom stereocenters. The van der Waals surface area contributed by atoms with Crippen LogP contribution < -0.4 is 26.6 Å². The van der Waals surface area contributed by atoms with Gasteiger partial charge in [0.15, 0.2) is 0 Å². The van der Waals surface area contributed by atoms with Gasteiger partial charge in [-0.2, -0.15) is 13.2 Å². The van der Waals surface area contributed by atoms with Crippen molar-refractivity contribution in [1.29, 1.82) is 0 Å². The highest BCUT2D eigenvalue weighted by Gasteiger charge is 2.52. The summed E-state index contributed by atoms with van der Waals surface area (Å²) in [4.78, 5) is 44.1. The van der Waals surface area contributed by atoms with Gasteiger partial charge in [0, 0.05) is 23.4 Å². The molecule has 5 rings (SSSR count). The number of carbonyl (C=O) groups excluding carboxylic acids is 3. The highest BCUT2D eigenvalue weighted by molar-refractivity contribution is 7.80. The predicted molar refractivity (Wildman–Crippen MR) is 208 cm³/mol. The number of para-hydroxylation sites is 1. The van der Waals surface area contributed by atoms with Gasteiger partial charge in [-0.1, -0.05) is 89.2 Å². The summed E-state index contributed by atoms with van der Waals surface area (Å²) in [5.41, 5.74) is -1.74. The Bertz CT molecular complexity index is 1810. The lowest BCUT2D eigenvalue weighted by molar-refractivity contribution is -0.138. The molecule has 1 fully saturated rings.